The standard InChI is InChI=1S/C11H16O5/c1-3-5-6-9(16-10(13)4-2)11(14)15-8-7-12/h4,6,12H,2-3,5,7-8H2,1H3. The third kappa shape index (κ3) is 5.98. The van der Waals surface area contributed by atoms with Crippen LogP contribution in [0.1, 0.15) is 19.8 Å². The molecule has 0 aromatic heterocycles. The highest BCUT2D eigenvalue weighted by molar-refractivity contribution is 5.92. The van der Waals surface area contributed by atoms with Crippen LogP contribution in [0.25, 0.3) is 0 Å². The third-order valence-corrected chi connectivity index (χ3v) is 1.52. The van der Waals surface area contributed by atoms with E-state index >= 15 is 0 Å². The highest BCUT2D eigenvalue weighted by atomic mass is 16.6. The smallest absolute Gasteiger partial charge is 0.374 e. The van der Waals surface area contributed by atoms with Gasteiger partial charge in [-0.15, -0.1) is 0 Å². The second-order valence-electron chi connectivity index (χ2n) is 2.84. The second-order valence-corrected chi connectivity index (χ2v) is 2.84. The highest BCUT2D eigenvalue weighted by Crippen LogP contribution is 2.05. The van der Waals surface area contributed by atoms with Crippen LogP contribution in [0.4, 0.5) is 0 Å². The quantitative estimate of drug-likeness (QED) is 0.399. The van der Waals surface area contributed by atoms with Gasteiger partial charge in [0, 0.05) is 6.08 Å². The Balaban J connectivity index is 4.46. The van der Waals surface area contributed by atoms with Crippen molar-refractivity contribution < 1.29 is 24.2 Å². The molecule has 90 valence electrons. The van der Waals surface area contributed by atoms with Crippen molar-refractivity contribution >= 4 is 11.9 Å². The van der Waals surface area contributed by atoms with E-state index in [-0.39, 0.29) is 19.0 Å². The minimum Gasteiger partial charge on any atom is -0.457 e. The molecule has 0 heterocycles. The van der Waals surface area contributed by atoms with Gasteiger partial charge in [0.25, 0.3) is 0 Å². The second kappa shape index (κ2) is 8.67. The van der Waals surface area contributed by atoms with Crippen LogP contribution in [0.15, 0.2) is 24.5 Å². The van der Waals surface area contributed by atoms with E-state index in [1.165, 1.54) is 6.08 Å². The van der Waals surface area contributed by atoms with Crippen molar-refractivity contribution in [2.75, 3.05) is 13.2 Å². The summed E-state index contributed by atoms with van der Waals surface area (Å²) in [6.07, 6.45) is 3.83. The molecule has 0 fully saturated rings. The molecule has 0 amide bonds. The van der Waals surface area contributed by atoms with Gasteiger partial charge >= 0.3 is 11.9 Å². The minimum absolute atomic E-state index is 0.131. The van der Waals surface area contributed by atoms with Crippen molar-refractivity contribution in [2.24, 2.45) is 0 Å². The zero-order valence-electron chi connectivity index (χ0n) is 9.27. The Labute approximate surface area is 94.4 Å². The third-order valence-electron chi connectivity index (χ3n) is 1.52. The van der Waals surface area contributed by atoms with Crippen LogP contribution in [0.3, 0.4) is 0 Å². The number of hydrogen-bond donors (Lipinski definition) is 1. The number of carbonyl (C=O) groups is 2. The van der Waals surface area contributed by atoms with Crippen LogP contribution in [0, 0.1) is 0 Å². The molecule has 0 aliphatic carbocycles. The molecule has 0 aliphatic rings. The summed E-state index contributed by atoms with van der Waals surface area (Å²) in [5, 5.41) is 8.48. The predicted octanol–water partition coefficient (Wildman–Crippen LogP) is 0.935. The Morgan fingerprint density at radius 2 is 2.12 bits per heavy atom. The summed E-state index contributed by atoms with van der Waals surface area (Å²) in [7, 11) is 0. The summed E-state index contributed by atoms with van der Waals surface area (Å²) in [4.78, 5) is 22.3. The minimum atomic E-state index is -0.766. The van der Waals surface area contributed by atoms with Gasteiger partial charge in [0.05, 0.1) is 6.61 Å². The molecule has 0 unspecified atom stereocenters. The summed E-state index contributed by atoms with van der Waals surface area (Å²) in [5.74, 6) is -1.65. The average Bonchev–Trinajstić information content (AvgIpc) is 2.30. The van der Waals surface area contributed by atoms with Gasteiger partial charge in [0.2, 0.25) is 5.76 Å². The van der Waals surface area contributed by atoms with Crippen LogP contribution >= 0.6 is 0 Å². The van der Waals surface area contributed by atoms with Crippen LogP contribution in [-0.2, 0) is 19.1 Å². The Morgan fingerprint density at radius 3 is 2.62 bits per heavy atom. The Morgan fingerprint density at radius 1 is 1.44 bits per heavy atom. The van der Waals surface area contributed by atoms with E-state index in [1.54, 1.807) is 0 Å². The molecule has 5 heteroatoms. The van der Waals surface area contributed by atoms with Crippen molar-refractivity contribution in [1.82, 2.24) is 0 Å². The maximum Gasteiger partial charge on any atom is 0.374 e. The van der Waals surface area contributed by atoms with Crippen molar-refractivity contribution in [3.8, 4) is 0 Å². The number of ether oxygens (including phenoxy) is 2. The van der Waals surface area contributed by atoms with E-state index in [9.17, 15) is 9.59 Å². The molecule has 0 aromatic carbocycles. The molecule has 0 rings (SSSR count). The molecule has 0 atom stereocenters. The van der Waals surface area contributed by atoms with Crippen molar-refractivity contribution in [3.05, 3.63) is 24.5 Å². The summed E-state index contributed by atoms with van der Waals surface area (Å²) in [6, 6.07) is 0. The van der Waals surface area contributed by atoms with Crippen LogP contribution < -0.4 is 0 Å². The number of esters is 2. The number of rotatable bonds is 7. The Kier molecular flexibility index (Phi) is 7.79. The van der Waals surface area contributed by atoms with Gasteiger partial charge < -0.3 is 14.6 Å². The normalized spacial score (nSPS) is 10.8. The molecule has 5 nitrogen and oxygen atoms in total. The number of aliphatic hydroxyl groups excluding tert-OH is 1. The Bertz CT molecular complexity index is 280. The summed E-state index contributed by atoms with van der Waals surface area (Å²) in [6.45, 7) is 4.73. The molecule has 0 bridgehead atoms. The molecule has 0 aliphatic heterocycles. The van der Waals surface area contributed by atoms with E-state index < -0.39 is 11.9 Å². The fourth-order valence-corrected chi connectivity index (χ4v) is 0.802. The fraction of sp³-hybridized carbons (Fsp3) is 0.455. The number of unbranched alkanes of at least 4 members (excludes halogenated alkanes) is 1. The lowest BCUT2D eigenvalue weighted by atomic mass is 10.3. The fourth-order valence-electron chi connectivity index (χ4n) is 0.802. The van der Waals surface area contributed by atoms with Gasteiger partial charge in [0.15, 0.2) is 0 Å². The van der Waals surface area contributed by atoms with E-state index in [2.05, 4.69) is 11.3 Å². The highest BCUT2D eigenvalue weighted by Gasteiger charge is 2.14. The average molecular weight is 228 g/mol. The molecular formula is C11H16O5. The largest absolute Gasteiger partial charge is 0.457 e. The first-order chi connectivity index (χ1) is 7.65. The monoisotopic (exact) mass is 228 g/mol. The number of aliphatic hydroxyl groups is 1. The zero-order chi connectivity index (χ0) is 12.4. The van der Waals surface area contributed by atoms with Crippen LogP contribution in [0.2, 0.25) is 0 Å². The maximum atomic E-state index is 11.3. The summed E-state index contributed by atoms with van der Waals surface area (Å²) >= 11 is 0. The molecule has 1 N–H and O–H groups in total. The van der Waals surface area contributed by atoms with Crippen molar-refractivity contribution in [1.29, 1.82) is 0 Å². The lowest BCUT2D eigenvalue weighted by Crippen LogP contribution is -2.15. The summed E-state index contributed by atoms with van der Waals surface area (Å²) in [5.41, 5.74) is 0. The molecular weight excluding hydrogens is 212 g/mol. The SMILES string of the molecule is C=CC(=O)OC(=CCCC)C(=O)OCCO. The van der Waals surface area contributed by atoms with E-state index in [0.29, 0.717) is 6.42 Å². The molecule has 0 spiro atoms. The van der Waals surface area contributed by atoms with Gasteiger partial charge in [-0.05, 0) is 12.5 Å². The predicted molar refractivity (Wildman–Crippen MR) is 57.3 cm³/mol. The first-order valence-corrected chi connectivity index (χ1v) is 4.98. The lowest BCUT2D eigenvalue weighted by molar-refractivity contribution is -0.149. The number of carbonyl (C=O) groups excluding carboxylic acids is 2. The lowest BCUT2D eigenvalue weighted by Gasteiger charge is -2.06. The van der Waals surface area contributed by atoms with Crippen molar-refractivity contribution in [2.45, 2.75) is 19.8 Å². The van der Waals surface area contributed by atoms with E-state index in [1.807, 2.05) is 6.92 Å². The van der Waals surface area contributed by atoms with Gasteiger partial charge in [-0.1, -0.05) is 19.9 Å². The first kappa shape index (κ1) is 14.4. The van der Waals surface area contributed by atoms with Crippen LogP contribution in [-0.4, -0.2) is 30.3 Å². The van der Waals surface area contributed by atoms with Gasteiger partial charge in [-0.25, -0.2) is 9.59 Å². The van der Waals surface area contributed by atoms with E-state index in [4.69, 9.17) is 9.84 Å². The summed E-state index contributed by atoms with van der Waals surface area (Å²) < 4.78 is 9.34. The molecule has 0 saturated carbocycles. The Hall–Kier alpha value is -1.62. The van der Waals surface area contributed by atoms with Gasteiger partial charge in [-0.3, -0.25) is 0 Å². The first-order valence-electron chi connectivity index (χ1n) is 4.98. The zero-order valence-corrected chi connectivity index (χ0v) is 9.27. The number of allylic oxidation sites excluding steroid dienone is 1. The molecule has 0 aromatic rings. The molecule has 16 heavy (non-hydrogen) atoms. The van der Waals surface area contributed by atoms with Crippen LogP contribution in [0.5, 0.6) is 0 Å². The maximum absolute atomic E-state index is 11.3. The molecule has 0 radical (unpaired) electrons. The van der Waals surface area contributed by atoms with Gasteiger partial charge in [-0.2, -0.15) is 0 Å². The van der Waals surface area contributed by atoms with Crippen molar-refractivity contribution in [3.63, 3.8) is 0 Å². The molecule has 0 saturated heterocycles. The topological polar surface area (TPSA) is 72.8 Å². The van der Waals surface area contributed by atoms with E-state index in [0.717, 1.165) is 12.5 Å². The number of hydrogen-bond acceptors (Lipinski definition) is 5. The van der Waals surface area contributed by atoms with Gasteiger partial charge in [0.1, 0.15) is 6.61 Å².